The van der Waals surface area contributed by atoms with Crippen molar-refractivity contribution in [2.75, 3.05) is 12.4 Å². The summed E-state index contributed by atoms with van der Waals surface area (Å²) in [4.78, 5) is 12.8. The highest BCUT2D eigenvalue weighted by Crippen LogP contribution is 2.48. The fourth-order valence-electron chi connectivity index (χ4n) is 3.86. The maximum atomic E-state index is 13.3. The van der Waals surface area contributed by atoms with Crippen molar-refractivity contribution >= 4 is 34.6 Å². The summed E-state index contributed by atoms with van der Waals surface area (Å²) in [5, 5.41) is 26.1. The summed E-state index contributed by atoms with van der Waals surface area (Å²) < 4.78 is 13.3. The molecule has 7 nitrogen and oxygen atoms in total. The van der Waals surface area contributed by atoms with Gasteiger partial charge in [-0.05, 0) is 43.4 Å². The van der Waals surface area contributed by atoms with Gasteiger partial charge in [0.05, 0.1) is 16.4 Å². The van der Waals surface area contributed by atoms with E-state index in [0.29, 0.717) is 18.0 Å². The second-order valence-corrected chi connectivity index (χ2v) is 7.27. The van der Waals surface area contributed by atoms with Crippen molar-refractivity contribution in [3.63, 3.8) is 0 Å². The van der Waals surface area contributed by atoms with Crippen LogP contribution in [0.1, 0.15) is 19.3 Å². The Morgan fingerprint density at radius 1 is 1.44 bits per heavy atom. The first kappa shape index (κ1) is 19.2. The largest absolute Gasteiger partial charge is 0.411 e. The Morgan fingerprint density at radius 2 is 2.19 bits per heavy atom. The first-order valence-electron chi connectivity index (χ1n) is 8.59. The van der Waals surface area contributed by atoms with E-state index in [9.17, 15) is 9.18 Å². The highest BCUT2D eigenvalue weighted by atomic mass is 35.5. The maximum absolute atomic E-state index is 13.3. The lowest BCUT2D eigenvalue weighted by Gasteiger charge is -2.30. The van der Waals surface area contributed by atoms with E-state index in [4.69, 9.17) is 28.0 Å². The number of carbonyl (C=O) groups excluding carboxylic acids is 1. The molecule has 6 N–H and O–H groups in total. The predicted octanol–water partition coefficient (Wildman–Crippen LogP) is 2.70. The average molecular weight is 394 g/mol. The fourth-order valence-corrected chi connectivity index (χ4v) is 4.04. The summed E-state index contributed by atoms with van der Waals surface area (Å²) in [6, 6.07) is 3.83. The van der Waals surface area contributed by atoms with Gasteiger partial charge in [-0.25, -0.2) is 4.39 Å². The van der Waals surface area contributed by atoms with Crippen LogP contribution in [0.4, 0.5) is 10.1 Å². The zero-order valence-electron chi connectivity index (χ0n) is 14.7. The van der Waals surface area contributed by atoms with Crippen LogP contribution in [-0.2, 0) is 4.79 Å². The molecule has 0 spiro atoms. The minimum atomic E-state index is -0.587. The summed E-state index contributed by atoms with van der Waals surface area (Å²) in [6.45, 7) is 0. The van der Waals surface area contributed by atoms with Crippen molar-refractivity contribution in [1.29, 1.82) is 5.41 Å². The van der Waals surface area contributed by atoms with E-state index in [1.54, 1.807) is 7.05 Å². The Morgan fingerprint density at radius 3 is 2.81 bits per heavy atom. The molecule has 3 rings (SSSR count). The number of nitrogens with zero attached hydrogens (tertiary/aromatic N) is 1. The van der Waals surface area contributed by atoms with Gasteiger partial charge in [0, 0.05) is 24.6 Å². The van der Waals surface area contributed by atoms with Crippen LogP contribution in [-0.4, -0.2) is 29.6 Å². The molecular formula is C18H21ClFN5O2. The van der Waals surface area contributed by atoms with E-state index in [1.807, 2.05) is 0 Å². The number of benzene rings is 1. The standard InChI is InChI=1S/C18H21ClFN5O2/c1-23-17(22)15(18(26)24-10-2-3-13(20)12(19)7-10)16(21)9-4-8-6-14(25-27)11(8)5-9/h2-3,7-9,11,21,23,27H,4-6,22H2,1H3,(H,24,26)/b17-15+,21-16?,25-14+. The molecule has 27 heavy (non-hydrogen) atoms. The number of nitrogens with two attached hydrogens (primary N) is 1. The van der Waals surface area contributed by atoms with E-state index >= 15 is 0 Å². The minimum Gasteiger partial charge on any atom is -0.411 e. The number of carbonyl (C=O) groups is 1. The zero-order valence-corrected chi connectivity index (χ0v) is 15.5. The van der Waals surface area contributed by atoms with Crippen LogP contribution in [0.25, 0.3) is 0 Å². The molecule has 0 bridgehead atoms. The van der Waals surface area contributed by atoms with Gasteiger partial charge >= 0.3 is 0 Å². The van der Waals surface area contributed by atoms with Crippen molar-refractivity contribution in [3.8, 4) is 0 Å². The van der Waals surface area contributed by atoms with Gasteiger partial charge in [-0.15, -0.1) is 0 Å². The van der Waals surface area contributed by atoms with Crippen molar-refractivity contribution in [3.05, 3.63) is 40.4 Å². The topological polar surface area (TPSA) is 124 Å². The average Bonchev–Trinajstić information content (AvgIpc) is 2.96. The zero-order chi connectivity index (χ0) is 19.7. The summed E-state index contributed by atoms with van der Waals surface area (Å²) >= 11 is 5.75. The normalized spacial score (nSPS) is 26.0. The number of anilines is 1. The second-order valence-electron chi connectivity index (χ2n) is 6.87. The van der Waals surface area contributed by atoms with Gasteiger partial charge in [0.15, 0.2) is 0 Å². The Hall–Kier alpha value is -2.61. The molecule has 1 amide bonds. The molecule has 0 saturated heterocycles. The molecule has 2 aliphatic carbocycles. The molecule has 0 aliphatic heterocycles. The van der Waals surface area contributed by atoms with Crippen LogP contribution in [0, 0.1) is 29.0 Å². The number of hydrogen-bond donors (Lipinski definition) is 5. The SMILES string of the molecule is CN/C(N)=C(\C(=N)C1CC2C/C(=N\O)C2C1)C(=O)Nc1ccc(F)c(Cl)c1. The van der Waals surface area contributed by atoms with Crippen LogP contribution in [0.3, 0.4) is 0 Å². The molecule has 0 radical (unpaired) electrons. The number of halogens is 2. The lowest BCUT2D eigenvalue weighted by Crippen LogP contribution is -2.32. The number of hydrogen-bond acceptors (Lipinski definition) is 6. The molecule has 144 valence electrons. The van der Waals surface area contributed by atoms with E-state index < -0.39 is 11.7 Å². The number of nitrogens with one attached hydrogen (secondary N) is 3. The van der Waals surface area contributed by atoms with Gasteiger partial charge in [-0.2, -0.15) is 0 Å². The first-order chi connectivity index (χ1) is 12.8. The van der Waals surface area contributed by atoms with Crippen LogP contribution in [0.15, 0.2) is 34.7 Å². The highest BCUT2D eigenvalue weighted by molar-refractivity contribution is 6.31. The number of fused-ring (bicyclic) bond motifs is 1. The van der Waals surface area contributed by atoms with Gasteiger partial charge in [-0.1, -0.05) is 16.8 Å². The van der Waals surface area contributed by atoms with Gasteiger partial charge in [0.25, 0.3) is 5.91 Å². The monoisotopic (exact) mass is 393 g/mol. The lowest BCUT2D eigenvalue weighted by molar-refractivity contribution is -0.112. The Labute approximate surface area is 161 Å². The predicted molar refractivity (Wildman–Crippen MR) is 102 cm³/mol. The summed E-state index contributed by atoms with van der Waals surface area (Å²) in [6.07, 6.45) is 2.13. The molecule has 3 atom stereocenters. The third kappa shape index (κ3) is 3.62. The smallest absolute Gasteiger partial charge is 0.261 e. The molecule has 0 aromatic heterocycles. The van der Waals surface area contributed by atoms with Gasteiger partial charge in [0.1, 0.15) is 17.2 Å². The van der Waals surface area contributed by atoms with Crippen LogP contribution in [0.2, 0.25) is 5.02 Å². The number of rotatable bonds is 5. The van der Waals surface area contributed by atoms with Crippen LogP contribution >= 0.6 is 11.6 Å². The molecule has 2 saturated carbocycles. The Bertz CT molecular complexity index is 854. The molecule has 3 unspecified atom stereocenters. The Balaban J connectivity index is 1.79. The maximum Gasteiger partial charge on any atom is 0.261 e. The minimum absolute atomic E-state index is 0.0479. The van der Waals surface area contributed by atoms with E-state index in [0.717, 1.165) is 24.6 Å². The van der Waals surface area contributed by atoms with Gasteiger partial charge in [-0.3, -0.25) is 4.79 Å². The fraction of sp³-hybridized carbons (Fsp3) is 0.389. The summed E-state index contributed by atoms with van der Waals surface area (Å²) in [7, 11) is 1.57. The third-order valence-electron chi connectivity index (χ3n) is 5.34. The molecule has 2 aliphatic rings. The number of oxime groups is 1. The quantitative estimate of drug-likeness (QED) is 0.228. The van der Waals surface area contributed by atoms with Crippen molar-refractivity contribution in [2.24, 2.45) is 28.6 Å². The van der Waals surface area contributed by atoms with E-state index in [-0.39, 0.29) is 34.0 Å². The van der Waals surface area contributed by atoms with Gasteiger partial charge < -0.3 is 27.0 Å². The van der Waals surface area contributed by atoms with Crippen molar-refractivity contribution in [1.82, 2.24) is 5.32 Å². The van der Waals surface area contributed by atoms with Crippen LogP contribution < -0.4 is 16.4 Å². The van der Waals surface area contributed by atoms with Crippen LogP contribution in [0.5, 0.6) is 0 Å². The first-order valence-corrected chi connectivity index (χ1v) is 8.97. The second kappa shape index (κ2) is 7.56. The third-order valence-corrected chi connectivity index (χ3v) is 5.63. The summed E-state index contributed by atoms with van der Waals surface area (Å²) in [5.74, 6) is -0.682. The molecule has 9 heteroatoms. The molecular weight excluding hydrogens is 373 g/mol. The summed E-state index contributed by atoms with van der Waals surface area (Å²) in [5.41, 5.74) is 7.20. The van der Waals surface area contributed by atoms with E-state index in [1.165, 1.54) is 12.1 Å². The molecule has 2 fully saturated rings. The van der Waals surface area contributed by atoms with Crippen molar-refractivity contribution < 1.29 is 14.4 Å². The van der Waals surface area contributed by atoms with E-state index in [2.05, 4.69) is 15.8 Å². The molecule has 1 aromatic rings. The van der Waals surface area contributed by atoms with Gasteiger partial charge in [0.2, 0.25) is 0 Å². The highest BCUT2D eigenvalue weighted by Gasteiger charge is 2.47. The lowest BCUT2D eigenvalue weighted by atomic mass is 9.74. The molecule has 0 heterocycles. The molecule has 1 aromatic carbocycles. The van der Waals surface area contributed by atoms with Crippen molar-refractivity contribution in [2.45, 2.75) is 19.3 Å². The Kier molecular flexibility index (Phi) is 5.36. The number of amides is 1.